The molecule has 0 spiro atoms. The first-order chi connectivity index (χ1) is 19.7. The Morgan fingerprint density at radius 3 is 2.24 bits per heavy atom. The van der Waals surface area contributed by atoms with Crippen LogP contribution in [0.4, 0.5) is 11.4 Å². The Hall–Kier alpha value is -4.04. The summed E-state index contributed by atoms with van der Waals surface area (Å²) in [6, 6.07) is 28.1. The van der Waals surface area contributed by atoms with E-state index in [4.69, 9.17) is 23.2 Å². The Bertz CT molecular complexity index is 1610. The first-order valence-corrected chi connectivity index (χ1v) is 14.3. The summed E-state index contributed by atoms with van der Waals surface area (Å²) in [5, 5.41) is 9.05. The quantitative estimate of drug-likeness (QED) is 0.134. The molecule has 0 saturated carbocycles. The smallest absolute Gasteiger partial charge is 0.272 e. The van der Waals surface area contributed by atoms with E-state index in [0.29, 0.717) is 32.5 Å². The molecule has 0 radical (unpaired) electrons. The highest BCUT2D eigenvalue weighted by atomic mass is 35.5. The molecule has 9 heteroatoms. The van der Waals surface area contributed by atoms with Crippen LogP contribution < -0.4 is 16.0 Å². The van der Waals surface area contributed by atoms with Crippen LogP contribution in [-0.4, -0.2) is 23.0 Å². The van der Waals surface area contributed by atoms with Crippen LogP contribution in [-0.2, 0) is 9.59 Å². The zero-order valence-corrected chi connectivity index (χ0v) is 24.6. The van der Waals surface area contributed by atoms with E-state index in [1.54, 1.807) is 97.9 Å². The maximum absolute atomic E-state index is 13.4. The third kappa shape index (κ3) is 8.24. The standard InChI is InChI=1S/C32H27Cl2N3O3S/c1-20-26(33)16-9-17-28(20)36-30(38)21(2)41-25-14-8-13-24(19-25)35-32(40)29(18-23-12-6-7-15-27(23)34)37-31(39)22-10-4-3-5-11-22/h3-19,21H,1-2H3,(H,35,40)(H,36,38)(H,37,39)/b29-18+. The van der Waals surface area contributed by atoms with E-state index in [1.165, 1.54) is 17.8 Å². The lowest BCUT2D eigenvalue weighted by Gasteiger charge is -2.15. The average Bonchev–Trinajstić information content (AvgIpc) is 2.96. The van der Waals surface area contributed by atoms with E-state index < -0.39 is 17.1 Å². The number of hydrogen-bond acceptors (Lipinski definition) is 4. The molecule has 6 nitrogen and oxygen atoms in total. The topological polar surface area (TPSA) is 87.3 Å². The molecule has 4 aromatic rings. The highest BCUT2D eigenvalue weighted by Crippen LogP contribution is 2.28. The molecule has 0 bridgehead atoms. The lowest BCUT2D eigenvalue weighted by atomic mass is 10.1. The average molecular weight is 605 g/mol. The fourth-order valence-corrected chi connectivity index (χ4v) is 5.06. The number of hydrogen-bond donors (Lipinski definition) is 3. The molecule has 3 amide bonds. The maximum atomic E-state index is 13.4. The van der Waals surface area contributed by atoms with Gasteiger partial charge in [-0.25, -0.2) is 0 Å². The predicted molar refractivity (Wildman–Crippen MR) is 169 cm³/mol. The van der Waals surface area contributed by atoms with Crippen molar-refractivity contribution in [2.75, 3.05) is 10.6 Å². The number of carbonyl (C=O) groups excluding carboxylic acids is 3. The summed E-state index contributed by atoms with van der Waals surface area (Å²) in [5.41, 5.74) is 2.96. The van der Waals surface area contributed by atoms with Crippen molar-refractivity contribution < 1.29 is 14.4 Å². The molecule has 208 valence electrons. The number of thioether (sulfide) groups is 1. The molecular formula is C32H27Cl2N3O3S. The summed E-state index contributed by atoms with van der Waals surface area (Å²) in [7, 11) is 0. The van der Waals surface area contributed by atoms with Crippen LogP contribution in [0.2, 0.25) is 10.0 Å². The van der Waals surface area contributed by atoms with Gasteiger partial charge in [0.2, 0.25) is 5.91 Å². The van der Waals surface area contributed by atoms with Gasteiger partial charge in [-0.3, -0.25) is 14.4 Å². The number of anilines is 2. The molecule has 0 aliphatic heterocycles. The SMILES string of the molecule is Cc1c(Cl)cccc1NC(=O)C(C)Sc1cccc(NC(=O)/C(=C\c2ccccc2Cl)NC(=O)c2ccccc2)c1. The molecule has 0 aliphatic carbocycles. The minimum Gasteiger partial charge on any atom is -0.325 e. The molecule has 0 fully saturated rings. The Balaban J connectivity index is 1.49. The van der Waals surface area contributed by atoms with E-state index >= 15 is 0 Å². The Morgan fingerprint density at radius 1 is 0.805 bits per heavy atom. The number of carbonyl (C=O) groups is 3. The van der Waals surface area contributed by atoms with Gasteiger partial charge in [-0.2, -0.15) is 0 Å². The molecular weight excluding hydrogens is 577 g/mol. The Morgan fingerprint density at radius 2 is 1.49 bits per heavy atom. The highest BCUT2D eigenvalue weighted by Gasteiger charge is 2.18. The van der Waals surface area contributed by atoms with E-state index in [-0.39, 0.29) is 11.6 Å². The third-order valence-corrected chi connectivity index (χ3v) is 7.88. The summed E-state index contributed by atoms with van der Waals surface area (Å²) in [6.45, 7) is 3.65. The van der Waals surface area contributed by atoms with Gasteiger partial charge in [0.1, 0.15) is 5.70 Å². The van der Waals surface area contributed by atoms with Crippen LogP contribution in [0.1, 0.15) is 28.4 Å². The second kappa shape index (κ2) is 14.0. The molecule has 1 unspecified atom stereocenters. The van der Waals surface area contributed by atoms with E-state index in [9.17, 15) is 14.4 Å². The number of nitrogens with one attached hydrogen (secondary N) is 3. The lowest BCUT2D eigenvalue weighted by Crippen LogP contribution is -2.30. The number of amides is 3. The third-order valence-electron chi connectivity index (χ3n) is 6.03. The van der Waals surface area contributed by atoms with Crippen LogP contribution in [0.25, 0.3) is 6.08 Å². The maximum Gasteiger partial charge on any atom is 0.272 e. The lowest BCUT2D eigenvalue weighted by molar-refractivity contribution is -0.115. The monoisotopic (exact) mass is 603 g/mol. The molecule has 0 heterocycles. The fraction of sp³-hybridized carbons (Fsp3) is 0.0938. The summed E-state index contributed by atoms with van der Waals surface area (Å²) in [6.07, 6.45) is 1.53. The van der Waals surface area contributed by atoms with Crippen LogP contribution >= 0.6 is 35.0 Å². The molecule has 4 rings (SSSR count). The van der Waals surface area contributed by atoms with Crippen molar-refractivity contribution >= 4 is 70.1 Å². The molecule has 4 aromatic carbocycles. The summed E-state index contributed by atoms with van der Waals surface area (Å²) >= 11 is 13.8. The molecule has 0 aromatic heterocycles. The fourth-order valence-electron chi connectivity index (χ4n) is 3.77. The normalized spacial score (nSPS) is 11.9. The molecule has 41 heavy (non-hydrogen) atoms. The van der Waals surface area contributed by atoms with E-state index in [2.05, 4.69) is 16.0 Å². The molecule has 0 aliphatic rings. The molecule has 1 atom stereocenters. The van der Waals surface area contributed by atoms with E-state index in [1.807, 2.05) is 13.0 Å². The van der Waals surface area contributed by atoms with Gasteiger partial charge >= 0.3 is 0 Å². The van der Waals surface area contributed by atoms with Crippen LogP contribution in [0.15, 0.2) is 108 Å². The minimum absolute atomic E-state index is 0.0228. The second-order valence-electron chi connectivity index (χ2n) is 9.04. The van der Waals surface area contributed by atoms with Gasteiger partial charge in [-0.1, -0.05) is 71.7 Å². The number of halogens is 2. The summed E-state index contributed by atoms with van der Waals surface area (Å²) in [4.78, 5) is 39.9. The van der Waals surface area contributed by atoms with Gasteiger partial charge in [-0.15, -0.1) is 11.8 Å². The Kier molecular flexibility index (Phi) is 10.2. The number of benzene rings is 4. The highest BCUT2D eigenvalue weighted by molar-refractivity contribution is 8.00. The first kappa shape index (κ1) is 29.9. The van der Waals surface area contributed by atoms with Gasteiger partial charge < -0.3 is 16.0 Å². The van der Waals surface area contributed by atoms with Gasteiger partial charge in [-0.05, 0) is 79.6 Å². The Labute approximate surface area is 253 Å². The zero-order chi connectivity index (χ0) is 29.4. The van der Waals surface area contributed by atoms with Gasteiger partial charge in [0.15, 0.2) is 0 Å². The van der Waals surface area contributed by atoms with Crippen molar-refractivity contribution in [3.8, 4) is 0 Å². The van der Waals surface area contributed by atoms with Crippen molar-refractivity contribution in [2.24, 2.45) is 0 Å². The van der Waals surface area contributed by atoms with Crippen LogP contribution in [0, 0.1) is 6.92 Å². The van der Waals surface area contributed by atoms with Crippen LogP contribution in [0.3, 0.4) is 0 Å². The largest absolute Gasteiger partial charge is 0.325 e. The van der Waals surface area contributed by atoms with Crippen molar-refractivity contribution in [3.05, 3.63) is 129 Å². The van der Waals surface area contributed by atoms with Crippen molar-refractivity contribution in [1.82, 2.24) is 5.32 Å². The minimum atomic E-state index is -0.529. The summed E-state index contributed by atoms with van der Waals surface area (Å²) in [5.74, 6) is -1.14. The molecule has 3 N–H and O–H groups in total. The van der Waals surface area contributed by atoms with Crippen molar-refractivity contribution in [1.29, 1.82) is 0 Å². The van der Waals surface area contributed by atoms with Crippen LogP contribution in [0.5, 0.6) is 0 Å². The zero-order valence-electron chi connectivity index (χ0n) is 22.3. The van der Waals surface area contributed by atoms with Gasteiger partial charge in [0, 0.05) is 31.9 Å². The summed E-state index contributed by atoms with van der Waals surface area (Å²) < 4.78 is 0. The van der Waals surface area contributed by atoms with Crippen molar-refractivity contribution in [3.63, 3.8) is 0 Å². The predicted octanol–water partition coefficient (Wildman–Crippen LogP) is 7.83. The second-order valence-corrected chi connectivity index (χ2v) is 11.3. The van der Waals surface area contributed by atoms with Gasteiger partial charge in [0.25, 0.3) is 11.8 Å². The first-order valence-electron chi connectivity index (χ1n) is 12.7. The number of rotatable bonds is 9. The van der Waals surface area contributed by atoms with E-state index in [0.717, 1.165) is 10.5 Å². The van der Waals surface area contributed by atoms with Crippen molar-refractivity contribution in [2.45, 2.75) is 24.0 Å². The van der Waals surface area contributed by atoms with Gasteiger partial charge in [0.05, 0.1) is 5.25 Å². The molecule has 0 saturated heterocycles.